The second-order valence-electron chi connectivity index (χ2n) is 5.90. The molecule has 2 rings (SSSR count). The van der Waals surface area contributed by atoms with Gasteiger partial charge in [-0.1, -0.05) is 26.2 Å². The molecule has 0 aromatic heterocycles. The molecule has 2 aliphatic carbocycles. The largest absolute Gasteiger partial charge is 0.355 e. The van der Waals surface area contributed by atoms with Crippen LogP contribution >= 0.6 is 12.4 Å². The van der Waals surface area contributed by atoms with Crippen LogP contribution in [0.1, 0.15) is 45.4 Å². The van der Waals surface area contributed by atoms with Crippen LogP contribution in [-0.2, 0) is 4.79 Å². The van der Waals surface area contributed by atoms with Crippen molar-refractivity contribution in [3.05, 3.63) is 0 Å². The van der Waals surface area contributed by atoms with E-state index in [-0.39, 0.29) is 18.3 Å². The van der Waals surface area contributed by atoms with Crippen LogP contribution in [0.4, 0.5) is 0 Å². The molecule has 0 aliphatic heterocycles. The average Bonchev–Trinajstić information content (AvgIpc) is 3.12. The van der Waals surface area contributed by atoms with E-state index in [1.165, 1.54) is 38.5 Å². The second kappa shape index (κ2) is 8.00. The first-order valence-electron chi connectivity index (χ1n) is 7.23. The minimum Gasteiger partial charge on any atom is -0.355 e. The Hall–Kier alpha value is -0.280. The minimum atomic E-state index is 0. The fourth-order valence-corrected chi connectivity index (χ4v) is 2.72. The van der Waals surface area contributed by atoms with Crippen molar-refractivity contribution < 1.29 is 4.79 Å². The van der Waals surface area contributed by atoms with Crippen molar-refractivity contribution in [2.45, 2.75) is 45.4 Å². The van der Waals surface area contributed by atoms with E-state index >= 15 is 0 Å². The molecule has 2 atom stereocenters. The number of hydrogen-bond donors (Lipinski definition) is 2. The Morgan fingerprint density at radius 2 is 1.83 bits per heavy atom. The van der Waals surface area contributed by atoms with E-state index in [0.29, 0.717) is 12.5 Å². The fraction of sp³-hybridized carbons (Fsp3) is 0.929. The zero-order valence-corrected chi connectivity index (χ0v) is 12.2. The minimum absolute atomic E-state index is 0. The summed E-state index contributed by atoms with van der Waals surface area (Å²) in [6.07, 6.45) is 8.01. The van der Waals surface area contributed by atoms with E-state index < -0.39 is 0 Å². The third kappa shape index (κ3) is 5.57. The van der Waals surface area contributed by atoms with Gasteiger partial charge in [0, 0.05) is 6.54 Å². The Kier molecular flexibility index (Phi) is 7.02. The van der Waals surface area contributed by atoms with Gasteiger partial charge in [-0.15, -0.1) is 12.4 Å². The van der Waals surface area contributed by atoms with Gasteiger partial charge in [0.2, 0.25) is 5.91 Å². The molecule has 1 amide bonds. The summed E-state index contributed by atoms with van der Waals surface area (Å²) in [5.41, 5.74) is 0. The summed E-state index contributed by atoms with van der Waals surface area (Å²) in [5.74, 6) is 2.50. The molecule has 2 N–H and O–H groups in total. The van der Waals surface area contributed by atoms with Gasteiger partial charge in [-0.25, -0.2) is 0 Å². The molecule has 4 heteroatoms. The number of rotatable bonds is 6. The van der Waals surface area contributed by atoms with Crippen LogP contribution in [0.3, 0.4) is 0 Å². The predicted molar refractivity (Wildman–Crippen MR) is 77.0 cm³/mol. The third-order valence-electron chi connectivity index (χ3n) is 4.27. The van der Waals surface area contributed by atoms with Crippen molar-refractivity contribution in [3.8, 4) is 0 Å². The molecule has 106 valence electrons. The Morgan fingerprint density at radius 3 is 2.50 bits per heavy atom. The van der Waals surface area contributed by atoms with Crippen molar-refractivity contribution in [2.75, 3.05) is 19.6 Å². The van der Waals surface area contributed by atoms with Crippen LogP contribution in [0.25, 0.3) is 0 Å². The maximum Gasteiger partial charge on any atom is 0.233 e. The van der Waals surface area contributed by atoms with Crippen LogP contribution in [0.5, 0.6) is 0 Å². The van der Waals surface area contributed by atoms with Gasteiger partial charge in [-0.05, 0) is 43.6 Å². The molecule has 0 heterocycles. The van der Waals surface area contributed by atoms with Gasteiger partial charge >= 0.3 is 0 Å². The van der Waals surface area contributed by atoms with Crippen LogP contribution < -0.4 is 10.6 Å². The van der Waals surface area contributed by atoms with Crippen molar-refractivity contribution >= 4 is 18.3 Å². The lowest BCUT2D eigenvalue weighted by Crippen LogP contribution is -2.39. The number of carbonyl (C=O) groups is 1. The number of carbonyl (C=O) groups excluding carboxylic acids is 1. The number of hydrogen-bond acceptors (Lipinski definition) is 2. The van der Waals surface area contributed by atoms with Crippen LogP contribution in [0, 0.1) is 17.8 Å². The predicted octanol–water partition coefficient (Wildman–Crippen LogP) is 2.35. The smallest absolute Gasteiger partial charge is 0.233 e. The van der Waals surface area contributed by atoms with Crippen LogP contribution in [0.15, 0.2) is 0 Å². The van der Waals surface area contributed by atoms with Crippen molar-refractivity contribution in [3.63, 3.8) is 0 Å². The molecule has 0 aromatic carbocycles. The van der Waals surface area contributed by atoms with Crippen molar-refractivity contribution in [2.24, 2.45) is 17.8 Å². The van der Waals surface area contributed by atoms with Crippen LogP contribution in [0.2, 0.25) is 0 Å². The van der Waals surface area contributed by atoms with E-state index in [9.17, 15) is 4.79 Å². The summed E-state index contributed by atoms with van der Waals surface area (Å²) < 4.78 is 0. The summed E-state index contributed by atoms with van der Waals surface area (Å²) in [6.45, 7) is 4.72. The molecule has 0 spiro atoms. The maximum atomic E-state index is 11.6. The summed E-state index contributed by atoms with van der Waals surface area (Å²) in [5, 5.41) is 6.31. The molecule has 0 bridgehead atoms. The summed E-state index contributed by atoms with van der Waals surface area (Å²) in [7, 11) is 0. The van der Waals surface area contributed by atoms with Gasteiger partial charge in [0.1, 0.15) is 0 Å². The Balaban J connectivity index is 0.00000162. The highest BCUT2D eigenvalue weighted by Gasteiger charge is 2.22. The zero-order valence-electron chi connectivity index (χ0n) is 11.4. The molecule has 0 saturated heterocycles. The molecule has 0 radical (unpaired) electrons. The van der Waals surface area contributed by atoms with Gasteiger partial charge < -0.3 is 10.6 Å². The van der Waals surface area contributed by atoms with E-state index in [1.54, 1.807) is 0 Å². The monoisotopic (exact) mass is 274 g/mol. The normalized spacial score (nSPS) is 27.4. The molecular weight excluding hydrogens is 248 g/mol. The lowest BCUT2D eigenvalue weighted by molar-refractivity contribution is -0.120. The molecule has 2 unspecified atom stereocenters. The molecule has 2 aliphatic rings. The van der Waals surface area contributed by atoms with Crippen molar-refractivity contribution in [1.29, 1.82) is 0 Å². The lowest BCUT2D eigenvalue weighted by Gasteiger charge is -2.28. The third-order valence-corrected chi connectivity index (χ3v) is 4.27. The molecule has 18 heavy (non-hydrogen) atoms. The second-order valence-corrected chi connectivity index (χ2v) is 5.90. The van der Waals surface area contributed by atoms with E-state index in [0.717, 1.165) is 24.9 Å². The highest BCUT2D eigenvalue weighted by molar-refractivity contribution is 5.85. The quantitative estimate of drug-likeness (QED) is 0.781. The molecule has 0 aromatic rings. The first kappa shape index (κ1) is 15.8. The SMILES string of the molecule is CC1CCCCC1CNC(=O)CNCC1CC1.Cl. The van der Waals surface area contributed by atoms with Gasteiger partial charge in [0.15, 0.2) is 0 Å². The molecule has 2 fully saturated rings. The van der Waals surface area contributed by atoms with Gasteiger partial charge in [0.05, 0.1) is 6.54 Å². The topological polar surface area (TPSA) is 41.1 Å². The summed E-state index contributed by atoms with van der Waals surface area (Å²) in [4.78, 5) is 11.6. The number of amides is 1. The lowest BCUT2D eigenvalue weighted by atomic mass is 9.80. The fourth-order valence-electron chi connectivity index (χ4n) is 2.72. The van der Waals surface area contributed by atoms with Gasteiger partial charge in [-0.3, -0.25) is 4.79 Å². The molecular formula is C14H27ClN2O. The summed E-state index contributed by atoms with van der Waals surface area (Å²) >= 11 is 0. The first-order valence-corrected chi connectivity index (χ1v) is 7.23. The van der Waals surface area contributed by atoms with E-state index in [2.05, 4.69) is 17.6 Å². The highest BCUT2D eigenvalue weighted by Crippen LogP contribution is 2.29. The van der Waals surface area contributed by atoms with Crippen molar-refractivity contribution in [1.82, 2.24) is 10.6 Å². The Labute approximate surface area is 117 Å². The van der Waals surface area contributed by atoms with Gasteiger partial charge in [-0.2, -0.15) is 0 Å². The standard InChI is InChI=1S/C14H26N2O.ClH/c1-11-4-2-3-5-13(11)9-16-14(17)10-15-8-12-6-7-12;/h11-13,15H,2-10H2,1H3,(H,16,17);1H. The highest BCUT2D eigenvalue weighted by atomic mass is 35.5. The summed E-state index contributed by atoms with van der Waals surface area (Å²) in [6, 6.07) is 0. The van der Waals surface area contributed by atoms with Gasteiger partial charge in [0.25, 0.3) is 0 Å². The Morgan fingerprint density at radius 1 is 1.11 bits per heavy atom. The maximum absolute atomic E-state index is 11.6. The first-order chi connectivity index (χ1) is 8.25. The molecule has 3 nitrogen and oxygen atoms in total. The number of halogens is 1. The van der Waals surface area contributed by atoms with Crippen LogP contribution in [-0.4, -0.2) is 25.5 Å². The van der Waals surface area contributed by atoms with E-state index in [4.69, 9.17) is 0 Å². The number of nitrogens with one attached hydrogen (secondary N) is 2. The Bertz CT molecular complexity index is 256. The average molecular weight is 275 g/mol. The zero-order chi connectivity index (χ0) is 12.1. The van der Waals surface area contributed by atoms with E-state index in [1.807, 2.05) is 0 Å². The molecule has 2 saturated carbocycles.